The van der Waals surface area contributed by atoms with Crippen LogP contribution in [0.3, 0.4) is 0 Å². The van der Waals surface area contributed by atoms with Gasteiger partial charge in [0.05, 0.1) is 17.6 Å². The van der Waals surface area contributed by atoms with Gasteiger partial charge in [-0.3, -0.25) is 4.79 Å². The number of hydrogen-bond donors (Lipinski definition) is 1. The molecule has 6 heteroatoms. The molecule has 0 amide bonds. The minimum absolute atomic E-state index is 0.0287. The van der Waals surface area contributed by atoms with Gasteiger partial charge in [-0.15, -0.1) is 0 Å². The zero-order chi connectivity index (χ0) is 24.5. The Morgan fingerprint density at radius 3 is 2.53 bits per heavy atom. The third-order valence-electron chi connectivity index (χ3n) is 9.98. The number of fused-ring (bicyclic) bond motifs is 2. The molecule has 4 aliphatic carbocycles. The van der Waals surface area contributed by atoms with E-state index in [0.717, 1.165) is 34.7 Å². The topological polar surface area (TPSA) is 80.7 Å². The summed E-state index contributed by atoms with van der Waals surface area (Å²) in [7, 11) is 0. The zero-order valence-electron chi connectivity index (χ0n) is 20.1. The fourth-order valence-electron chi connectivity index (χ4n) is 8.83. The Bertz CT molecular complexity index is 1060. The molecule has 0 spiro atoms. The lowest BCUT2D eigenvalue weighted by Gasteiger charge is -2.58. The summed E-state index contributed by atoms with van der Waals surface area (Å²) in [6.07, 6.45) is 7.07. The van der Waals surface area contributed by atoms with Crippen LogP contribution in [0.15, 0.2) is 35.9 Å². The van der Waals surface area contributed by atoms with Gasteiger partial charge in [-0.25, -0.2) is 4.79 Å². The van der Waals surface area contributed by atoms with Crippen LogP contribution in [0.4, 0.5) is 0 Å². The quantitative estimate of drug-likeness (QED) is 0.193. The van der Waals surface area contributed by atoms with E-state index >= 15 is 0 Å². The number of rotatable bonds is 7. The lowest BCUT2D eigenvalue weighted by Crippen LogP contribution is -2.62. The summed E-state index contributed by atoms with van der Waals surface area (Å²) in [5, 5.41) is 11.0. The first-order valence-corrected chi connectivity index (χ1v) is 13.6. The smallest absolute Gasteiger partial charge is 0.338 e. The number of esters is 1. The summed E-state index contributed by atoms with van der Waals surface area (Å²) in [6.45, 7) is 6.51. The molecule has 6 unspecified atom stereocenters. The predicted octanol–water partition coefficient (Wildman–Crippen LogP) is 5.76. The maximum Gasteiger partial charge on any atom is 0.338 e. The van der Waals surface area contributed by atoms with Gasteiger partial charge in [0.1, 0.15) is 11.7 Å². The second-order valence-corrected chi connectivity index (χ2v) is 12.6. The van der Waals surface area contributed by atoms with Crippen molar-refractivity contribution in [1.82, 2.24) is 0 Å². The van der Waals surface area contributed by atoms with Crippen LogP contribution in [-0.4, -0.2) is 29.9 Å². The maximum absolute atomic E-state index is 13.4. The normalized spacial score (nSPS) is 39.6. The van der Waals surface area contributed by atoms with E-state index in [-0.39, 0.29) is 30.3 Å². The van der Waals surface area contributed by atoms with Crippen molar-refractivity contribution in [3.8, 4) is 0 Å². The van der Waals surface area contributed by atoms with Gasteiger partial charge in [0, 0.05) is 8.99 Å². The van der Waals surface area contributed by atoms with Crippen molar-refractivity contribution >= 4 is 40.8 Å². The van der Waals surface area contributed by atoms with E-state index < -0.39 is 22.2 Å². The highest BCUT2D eigenvalue weighted by molar-refractivity contribution is 14.1. The van der Waals surface area contributed by atoms with Crippen LogP contribution >= 0.6 is 22.6 Å². The van der Waals surface area contributed by atoms with Gasteiger partial charge in [0.2, 0.25) is 0 Å². The van der Waals surface area contributed by atoms with E-state index in [2.05, 4.69) is 35.6 Å². The Hall–Kier alpha value is -1.70. The molecule has 0 aliphatic heterocycles. The lowest BCUT2D eigenvalue weighted by molar-refractivity contribution is -0.181. The van der Waals surface area contributed by atoms with Crippen LogP contribution in [0.1, 0.15) is 63.2 Å². The highest BCUT2D eigenvalue weighted by atomic mass is 127. The van der Waals surface area contributed by atoms with Crippen LogP contribution in [-0.2, 0) is 14.3 Å². The highest BCUT2D eigenvalue weighted by Crippen LogP contribution is 2.83. The first-order valence-electron chi connectivity index (χ1n) is 12.5. The van der Waals surface area contributed by atoms with E-state index in [1.165, 1.54) is 0 Å². The highest BCUT2D eigenvalue weighted by Gasteiger charge is 2.83. The van der Waals surface area contributed by atoms with E-state index in [1.807, 2.05) is 26.0 Å². The summed E-state index contributed by atoms with van der Waals surface area (Å²) in [4.78, 5) is 39.1. The third kappa shape index (κ3) is 2.86. The first kappa shape index (κ1) is 24.0. The molecular formula is C28H33IO5. The number of aldehydes is 1. The Morgan fingerprint density at radius 1 is 1.21 bits per heavy atom. The van der Waals surface area contributed by atoms with Crippen molar-refractivity contribution in [2.75, 3.05) is 6.61 Å². The van der Waals surface area contributed by atoms with E-state index in [9.17, 15) is 19.5 Å². The van der Waals surface area contributed by atoms with Crippen molar-refractivity contribution < 1.29 is 24.2 Å². The number of carboxylic acid groups (broad SMARTS) is 1. The minimum Gasteiger partial charge on any atom is -0.481 e. The molecule has 7 atom stereocenters. The second-order valence-electron chi connectivity index (χ2n) is 11.4. The Labute approximate surface area is 214 Å². The number of carbonyl (C=O) groups is 3. The fourth-order valence-corrected chi connectivity index (χ4v) is 9.19. The summed E-state index contributed by atoms with van der Waals surface area (Å²) in [6, 6.07) is 7.24. The molecule has 1 aromatic rings. The molecule has 0 saturated heterocycles. The molecule has 3 saturated carbocycles. The summed E-state index contributed by atoms with van der Waals surface area (Å²) in [5.74, 6) is -0.235. The van der Waals surface area contributed by atoms with Gasteiger partial charge in [-0.2, -0.15) is 0 Å². The minimum atomic E-state index is -1.21. The fraction of sp³-hybridized carbons (Fsp3) is 0.607. The Morgan fingerprint density at radius 2 is 1.91 bits per heavy atom. The number of benzene rings is 1. The molecular weight excluding hydrogens is 543 g/mol. The number of halogens is 1. The molecule has 0 heterocycles. The Kier molecular flexibility index (Phi) is 5.77. The van der Waals surface area contributed by atoms with Crippen LogP contribution in [0, 0.1) is 49.4 Å². The average molecular weight is 576 g/mol. The number of hydrogen-bond acceptors (Lipinski definition) is 4. The van der Waals surface area contributed by atoms with E-state index in [0.29, 0.717) is 30.2 Å². The zero-order valence-corrected chi connectivity index (χ0v) is 22.2. The number of carboxylic acids is 1. The van der Waals surface area contributed by atoms with Crippen molar-refractivity contribution in [2.45, 2.75) is 52.9 Å². The van der Waals surface area contributed by atoms with Crippen molar-refractivity contribution in [3.05, 3.63) is 45.0 Å². The lowest BCUT2D eigenvalue weighted by atomic mass is 9.42. The molecule has 182 valence electrons. The second kappa shape index (κ2) is 8.17. The molecule has 0 aromatic heterocycles. The third-order valence-corrected chi connectivity index (χ3v) is 10.7. The van der Waals surface area contributed by atoms with Crippen LogP contribution in [0.2, 0.25) is 0 Å². The van der Waals surface area contributed by atoms with Gasteiger partial charge >= 0.3 is 11.9 Å². The standard InChI is InChI=1S/C28H33IO5/c1-16(2)23-12-19-13-27(15-30)22-9-4-17(3)21(22)14-26(19,28(23,27)25(32)33)10-11-34-24(31)18-5-7-20(29)8-6-18/h5-8,12,15-17,19,21-22H,4,9-11,13-14H2,1-3H3,(H,32,33)/t17-,19?,21?,22?,26?,27?,28?/m1/s1. The molecule has 4 aliphatic rings. The Balaban J connectivity index is 1.53. The van der Waals surface area contributed by atoms with E-state index in [1.54, 1.807) is 12.1 Å². The van der Waals surface area contributed by atoms with Gasteiger partial charge in [-0.1, -0.05) is 38.8 Å². The predicted molar refractivity (Wildman–Crippen MR) is 136 cm³/mol. The summed E-state index contributed by atoms with van der Waals surface area (Å²) < 4.78 is 6.76. The molecule has 34 heavy (non-hydrogen) atoms. The SMILES string of the molecule is CC(C)C1=CC2CC3(C=O)C4CC[C@@H](C)C4CC2(CCOC(=O)c2ccc(I)cc2)C13C(=O)O. The monoisotopic (exact) mass is 576 g/mol. The van der Waals surface area contributed by atoms with E-state index in [4.69, 9.17) is 4.74 Å². The van der Waals surface area contributed by atoms with Crippen LogP contribution < -0.4 is 0 Å². The number of allylic oxidation sites excluding steroid dienone is 1. The number of aliphatic carboxylic acids is 1. The average Bonchev–Trinajstić information content (AvgIpc) is 3.36. The van der Waals surface area contributed by atoms with Gasteiger partial charge in [-0.05, 0) is 102 Å². The number of carbonyl (C=O) groups excluding carboxylic acids is 2. The summed E-state index contributed by atoms with van der Waals surface area (Å²) >= 11 is 2.19. The molecule has 1 N–H and O–H groups in total. The van der Waals surface area contributed by atoms with Gasteiger partial charge in [0.15, 0.2) is 0 Å². The summed E-state index contributed by atoms with van der Waals surface area (Å²) in [5.41, 5.74) is -1.25. The molecule has 5 nitrogen and oxygen atoms in total. The van der Waals surface area contributed by atoms with Crippen LogP contribution in [0.25, 0.3) is 0 Å². The largest absolute Gasteiger partial charge is 0.481 e. The molecule has 4 bridgehead atoms. The molecule has 3 fully saturated rings. The van der Waals surface area contributed by atoms with Gasteiger partial charge < -0.3 is 14.6 Å². The van der Waals surface area contributed by atoms with Crippen molar-refractivity contribution in [3.63, 3.8) is 0 Å². The number of ether oxygens (including phenoxy) is 1. The first-order chi connectivity index (χ1) is 16.1. The molecule has 1 aromatic carbocycles. The molecule has 5 rings (SSSR count). The van der Waals surface area contributed by atoms with Crippen molar-refractivity contribution in [2.24, 2.45) is 45.8 Å². The maximum atomic E-state index is 13.4. The van der Waals surface area contributed by atoms with Gasteiger partial charge in [0.25, 0.3) is 0 Å². The molecule has 0 radical (unpaired) electrons. The van der Waals surface area contributed by atoms with Crippen LogP contribution in [0.5, 0.6) is 0 Å². The van der Waals surface area contributed by atoms with Crippen molar-refractivity contribution in [1.29, 1.82) is 0 Å².